The van der Waals surface area contributed by atoms with Crippen molar-refractivity contribution in [2.75, 3.05) is 6.61 Å². The van der Waals surface area contributed by atoms with Crippen molar-refractivity contribution in [3.05, 3.63) is 34.4 Å². The van der Waals surface area contributed by atoms with E-state index in [0.717, 1.165) is 0 Å². The van der Waals surface area contributed by atoms with Crippen LogP contribution in [0.4, 0.5) is 8.78 Å². The van der Waals surface area contributed by atoms with Gasteiger partial charge < -0.3 is 10.1 Å². The zero-order valence-corrected chi connectivity index (χ0v) is 11.5. The SMILES string of the molecule is CC(=N)C(C#N)C(=O)COC(=O)c1cc(F)c(F)cc1Cl. The summed E-state index contributed by atoms with van der Waals surface area (Å²) in [7, 11) is 0. The average Bonchev–Trinajstić information content (AvgIpc) is 2.40. The number of nitrogens with zero attached hydrogens (tertiary/aromatic N) is 1. The molecule has 0 bridgehead atoms. The summed E-state index contributed by atoms with van der Waals surface area (Å²) in [6, 6.07) is 2.75. The monoisotopic (exact) mass is 314 g/mol. The Labute approximate surface area is 123 Å². The molecule has 1 aromatic carbocycles. The number of rotatable bonds is 5. The van der Waals surface area contributed by atoms with E-state index in [0.29, 0.717) is 12.1 Å². The molecule has 0 aliphatic carbocycles. The molecule has 110 valence electrons. The van der Waals surface area contributed by atoms with Crippen molar-refractivity contribution in [1.29, 1.82) is 10.7 Å². The molecule has 1 unspecified atom stereocenters. The minimum Gasteiger partial charge on any atom is -0.454 e. The lowest BCUT2D eigenvalue weighted by Crippen LogP contribution is -2.25. The Morgan fingerprint density at radius 3 is 2.52 bits per heavy atom. The van der Waals surface area contributed by atoms with Gasteiger partial charge in [-0.05, 0) is 19.1 Å². The van der Waals surface area contributed by atoms with Crippen LogP contribution in [0.1, 0.15) is 17.3 Å². The van der Waals surface area contributed by atoms with Crippen molar-refractivity contribution in [3.63, 3.8) is 0 Å². The first-order valence-corrected chi connectivity index (χ1v) is 5.94. The number of nitrogens with one attached hydrogen (secondary N) is 1. The fraction of sp³-hybridized carbons (Fsp3) is 0.231. The van der Waals surface area contributed by atoms with Crippen LogP contribution in [-0.4, -0.2) is 24.1 Å². The number of ether oxygens (including phenoxy) is 1. The van der Waals surface area contributed by atoms with Crippen LogP contribution in [0.5, 0.6) is 0 Å². The summed E-state index contributed by atoms with van der Waals surface area (Å²) < 4.78 is 30.5. The minimum atomic E-state index is -1.32. The van der Waals surface area contributed by atoms with Crippen LogP contribution in [0.15, 0.2) is 12.1 Å². The van der Waals surface area contributed by atoms with Crippen LogP contribution in [0, 0.1) is 34.3 Å². The molecular formula is C13H9ClF2N2O3. The van der Waals surface area contributed by atoms with Crippen molar-refractivity contribution in [2.45, 2.75) is 6.92 Å². The molecule has 0 aliphatic heterocycles. The first kappa shape index (κ1) is 16.7. The molecule has 0 spiro atoms. The zero-order chi connectivity index (χ0) is 16.2. The third-order valence-electron chi connectivity index (χ3n) is 2.46. The Balaban J connectivity index is 2.80. The van der Waals surface area contributed by atoms with Crippen molar-refractivity contribution in [1.82, 2.24) is 0 Å². The topological polar surface area (TPSA) is 91.0 Å². The predicted octanol–water partition coefficient (Wildman–Crippen LogP) is 2.52. The van der Waals surface area contributed by atoms with Crippen LogP contribution >= 0.6 is 11.6 Å². The highest BCUT2D eigenvalue weighted by Crippen LogP contribution is 2.20. The number of benzene rings is 1. The molecule has 8 heteroatoms. The lowest BCUT2D eigenvalue weighted by atomic mass is 10.0. The van der Waals surface area contributed by atoms with Gasteiger partial charge in [-0.2, -0.15) is 5.26 Å². The number of hydrogen-bond donors (Lipinski definition) is 1. The smallest absolute Gasteiger partial charge is 0.340 e. The number of hydrogen-bond acceptors (Lipinski definition) is 5. The van der Waals surface area contributed by atoms with E-state index in [1.807, 2.05) is 0 Å². The number of Topliss-reactive ketones (excluding diaryl/α,β-unsaturated/α-hetero) is 1. The fourth-order valence-electron chi connectivity index (χ4n) is 1.39. The van der Waals surface area contributed by atoms with Crippen molar-refractivity contribution in [3.8, 4) is 6.07 Å². The van der Waals surface area contributed by atoms with Crippen LogP contribution in [0.2, 0.25) is 5.02 Å². The Morgan fingerprint density at radius 2 is 2.00 bits per heavy atom. The standard InChI is InChI=1S/C13H9ClF2N2O3/c1-6(18)8(4-17)12(19)5-21-13(20)7-2-10(15)11(16)3-9(7)14/h2-3,8,18H,5H2,1H3. The van der Waals surface area contributed by atoms with E-state index in [1.54, 1.807) is 6.07 Å². The highest BCUT2D eigenvalue weighted by molar-refractivity contribution is 6.33. The molecule has 21 heavy (non-hydrogen) atoms. The van der Waals surface area contributed by atoms with Gasteiger partial charge in [-0.1, -0.05) is 11.6 Å². The van der Waals surface area contributed by atoms with E-state index >= 15 is 0 Å². The van der Waals surface area contributed by atoms with Crippen molar-refractivity contribution >= 4 is 29.1 Å². The van der Waals surface area contributed by atoms with Gasteiger partial charge in [-0.3, -0.25) is 4.79 Å². The molecule has 1 rings (SSSR count). The zero-order valence-electron chi connectivity index (χ0n) is 10.7. The van der Waals surface area contributed by atoms with E-state index in [1.165, 1.54) is 6.92 Å². The van der Waals surface area contributed by atoms with E-state index in [2.05, 4.69) is 4.74 Å². The summed E-state index contributed by atoms with van der Waals surface area (Å²) >= 11 is 5.57. The number of carbonyl (C=O) groups excluding carboxylic acids is 2. The van der Waals surface area contributed by atoms with Crippen molar-refractivity contribution < 1.29 is 23.1 Å². The summed E-state index contributed by atoms with van der Waals surface area (Å²) in [6.07, 6.45) is 0. The second kappa shape index (κ2) is 6.90. The van der Waals surface area contributed by atoms with Crippen molar-refractivity contribution in [2.24, 2.45) is 5.92 Å². The molecule has 1 aromatic rings. The second-order valence-electron chi connectivity index (χ2n) is 4.03. The molecule has 0 saturated heterocycles. The molecule has 5 nitrogen and oxygen atoms in total. The Hall–Kier alpha value is -2.33. The Morgan fingerprint density at radius 1 is 1.43 bits per heavy atom. The normalized spacial score (nSPS) is 11.4. The third-order valence-corrected chi connectivity index (χ3v) is 2.77. The summed E-state index contributed by atoms with van der Waals surface area (Å²) in [5, 5.41) is 15.5. The molecule has 0 radical (unpaired) electrons. The van der Waals surface area contributed by atoms with Gasteiger partial charge in [-0.15, -0.1) is 0 Å². The number of esters is 1. The molecular weight excluding hydrogens is 306 g/mol. The highest BCUT2D eigenvalue weighted by atomic mass is 35.5. The quantitative estimate of drug-likeness (QED) is 0.513. The third kappa shape index (κ3) is 4.07. The number of ketones is 1. The molecule has 0 aromatic heterocycles. The molecule has 0 saturated carbocycles. The molecule has 0 amide bonds. The number of carbonyl (C=O) groups is 2. The molecule has 0 fully saturated rings. The number of halogens is 3. The number of nitriles is 1. The first-order valence-electron chi connectivity index (χ1n) is 5.57. The van der Waals surface area contributed by atoms with Gasteiger partial charge >= 0.3 is 5.97 Å². The van der Waals surface area contributed by atoms with Gasteiger partial charge in [0, 0.05) is 5.71 Å². The maximum Gasteiger partial charge on any atom is 0.340 e. The lowest BCUT2D eigenvalue weighted by molar-refractivity contribution is -0.122. The van der Waals surface area contributed by atoms with Gasteiger partial charge in [-0.25, -0.2) is 13.6 Å². The van der Waals surface area contributed by atoms with Gasteiger partial charge in [0.05, 0.1) is 16.7 Å². The summed E-state index contributed by atoms with van der Waals surface area (Å²) in [6.45, 7) is 0.489. The molecule has 1 N–H and O–H groups in total. The Kier molecular flexibility index (Phi) is 5.50. The minimum absolute atomic E-state index is 0.190. The summed E-state index contributed by atoms with van der Waals surface area (Å²) in [5.74, 6) is -5.76. The maximum atomic E-state index is 13.0. The van der Waals surface area contributed by atoms with Gasteiger partial charge in [0.1, 0.15) is 5.92 Å². The first-order chi connectivity index (χ1) is 9.77. The van der Waals surface area contributed by atoms with E-state index in [9.17, 15) is 18.4 Å². The van der Waals surface area contributed by atoms with Gasteiger partial charge in [0.2, 0.25) is 0 Å². The largest absolute Gasteiger partial charge is 0.454 e. The van der Waals surface area contributed by atoms with Crippen LogP contribution in [0.25, 0.3) is 0 Å². The highest BCUT2D eigenvalue weighted by Gasteiger charge is 2.23. The Bertz CT molecular complexity index is 656. The van der Waals surface area contributed by atoms with E-state index in [4.69, 9.17) is 22.3 Å². The van der Waals surface area contributed by atoms with Gasteiger partial charge in [0.25, 0.3) is 0 Å². The van der Waals surface area contributed by atoms with Gasteiger partial charge in [0.15, 0.2) is 24.0 Å². The lowest BCUT2D eigenvalue weighted by Gasteiger charge is -2.08. The fourth-order valence-corrected chi connectivity index (χ4v) is 1.61. The second-order valence-corrected chi connectivity index (χ2v) is 4.44. The molecule has 0 aliphatic rings. The molecule has 0 heterocycles. The van der Waals surface area contributed by atoms with Crippen LogP contribution in [0.3, 0.4) is 0 Å². The predicted molar refractivity (Wildman–Crippen MR) is 69.2 cm³/mol. The summed E-state index contributed by atoms with van der Waals surface area (Å²) in [4.78, 5) is 23.2. The summed E-state index contributed by atoms with van der Waals surface area (Å²) in [5.41, 5.74) is -0.632. The van der Waals surface area contributed by atoms with Crippen LogP contribution in [-0.2, 0) is 9.53 Å². The average molecular weight is 315 g/mol. The van der Waals surface area contributed by atoms with Crippen LogP contribution < -0.4 is 0 Å². The molecule has 1 atom stereocenters. The maximum absolute atomic E-state index is 13.0. The van der Waals surface area contributed by atoms with E-state index < -0.39 is 41.5 Å². The van der Waals surface area contributed by atoms with E-state index in [-0.39, 0.29) is 10.7 Å².